The van der Waals surface area contributed by atoms with E-state index < -0.39 is 35.8 Å². The molecule has 0 bridgehead atoms. The average molecular weight is 753 g/mol. The molecule has 4 heterocycles. The zero-order valence-corrected chi connectivity index (χ0v) is 28.5. The van der Waals surface area contributed by atoms with Gasteiger partial charge in [-0.3, -0.25) is 14.4 Å². The molecule has 3 N–H and O–H groups in total. The number of nitrogens with one attached hydrogen (secondary N) is 2. The number of aromatic amines is 2. The van der Waals surface area contributed by atoms with Crippen LogP contribution in [0.15, 0.2) is 94.5 Å². The van der Waals surface area contributed by atoms with Crippen LogP contribution in [-0.4, -0.2) is 63.6 Å². The number of benzene rings is 4. The van der Waals surface area contributed by atoms with Crippen LogP contribution in [0.25, 0.3) is 21.5 Å². The summed E-state index contributed by atoms with van der Waals surface area (Å²) in [5.74, 6) is -3.57. The van der Waals surface area contributed by atoms with Crippen LogP contribution in [0.5, 0.6) is 0 Å². The van der Waals surface area contributed by atoms with Crippen molar-refractivity contribution >= 4 is 33.4 Å². The standard InChI is InChI=1S/C22H17F3N6O2.C16H11FN2O3/c23-16-6-5-12(10-17-13-3-1-2-4-14(13)21(32)29-26-17)9-15(16)22(33)30-7-8-31-18(11-30)27-28-20(31)19(24)25;17-13-6-5-9(7-12(13)16(21)22)8-14-10-3-1-2-4-11(10)15(20)19-18-14/h1-6,9,19H,7-8,10-11H2,(H,29,32);1-7H,8H2,(H,19,20)(H,21,22). The lowest BCUT2D eigenvalue weighted by Gasteiger charge is -2.28. The second-order valence-electron chi connectivity index (χ2n) is 12.5. The predicted molar refractivity (Wildman–Crippen MR) is 190 cm³/mol. The van der Waals surface area contributed by atoms with E-state index in [0.717, 1.165) is 6.07 Å². The van der Waals surface area contributed by atoms with Gasteiger partial charge in [0, 0.05) is 36.7 Å². The summed E-state index contributed by atoms with van der Waals surface area (Å²) < 4.78 is 55.3. The number of amides is 1. The number of alkyl halides is 2. The fourth-order valence-electron chi connectivity index (χ4n) is 6.38. The van der Waals surface area contributed by atoms with Crippen molar-refractivity contribution in [3.05, 3.63) is 163 Å². The molecule has 0 radical (unpaired) electrons. The molecule has 4 aromatic carbocycles. The molecule has 0 fully saturated rings. The maximum Gasteiger partial charge on any atom is 0.338 e. The minimum Gasteiger partial charge on any atom is -0.478 e. The highest BCUT2D eigenvalue weighted by atomic mass is 19.3. The molecule has 0 unspecified atom stereocenters. The second-order valence-corrected chi connectivity index (χ2v) is 12.5. The first-order valence-electron chi connectivity index (χ1n) is 16.7. The van der Waals surface area contributed by atoms with Crippen molar-refractivity contribution in [1.82, 2.24) is 40.1 Å². The zero-order chi connectivity index (χ0) is 38.8. The van der Waals surface area contributed by atoms with Gasteiger partial charge in [0.15, 0.2) is 11.6 Å². The Kier molecular flexibility index (Phi) is 9.99. The summed E-state index contributed by atoms with van der Waals surface area (Å²) in [6, 6.07) is 22.1. The molecule has 8 rings (SSSR count). The van der Waals surface area contributed by atoms with Gasteiger partial charge in [0.2, 0.25) is 0 Å². The molecule has 1 amide bonds. The topological polar surface area (TPSA) is 180 Å². The molecule has 0 spiro atoms. The molecule has 55 heavy (non-hydrogen) atoms. The number of nitrogens with zero attached hydrogens (tertiary/aromatic N) is 6. The monoisotopic (exact) mass is 752 g/mol. The van der Waals surface area contributed by atoms with Gasteiger partial charge in [-0.25, -0.2) is 32.6 Å². The molecular formula is C38H28F4N8O5. The third-order valence-corrected chi connectivity index (χ3v) is 9.08. The van der Waals surface area contributed by atoms with Crippen molar-refractivity contribution in [1.29, 1.82) is 0 Å². The lowest BCUT2D eigenvalue weighted by atomic mass is 10.0. The summed E-state index contributed by atoms with van der Waals surface area (Å²) in [6.45, 7) is 0.177. The highest BCUT2D eigenvalue weighted by molar-refractivity contribution is 5.95. The van der Waals surface area contributed by atoms with Crippen LogP contribution in [0.3, 0.4) is 0 Å². The molecule has 0 saturated carbocycles. The number of rotatable bonds is 7. The molecule has 1 aliphatic heterocycles. The van der Waals surface area contributed by atoms with Crippen molar-refractivity contribution in [2.24, 2.45) is 0 Å². The Morgan fingerprint density at radius 1 is 0.709 bits per heavy atom. The minimum atomic E-state index is -2.76. The quantitative estimate of drug-likeness (QED) is 0.185. The van der Waals surface area contributed by atoms with Crippen LogP contribution >= 0.6 is 0 Å². The van der Waals surface area contributed by atoms with Crippen molar-refractivity contribution in [2.75, 3.05) is 6.54 Å². The maximum atomic E-state index is 14.6. The summed E-state index contributed by atoms with van der Waals surface area (Å²) in [4.78, 5) is 49.1. The van der Waals surface area contributed by atoms with E-state index in [1.165, 1.54) is 33.7 Å². The van der Waals surface area contributed by atoms with Gasteiger partial charge in [0.05, 0.1) is 39.8 Å². The lowest BCUT2D eigenvalue weighted by molar-refractivity contribution is 0.0683. The Bertz CT molecular complexity index is 2730. The SMILES string of the molecule is O=C(O)c1cc(Cc2n[nH]c(=O)c3ccccc23)ccc1F.O=C(c1cc(Cc2n[nH]c(=O)c3ccccc23)ccc1F)N1CCn2c(nnc2C(F)F)C1. The van der Waals surface area contributed by atoms with Crippen LogP contribution in [0.2, 0.25) is 0 Å². The molecule has 13 nitrogen and oxygen atoms in total. The largest absolute Gasteiger partial charge is 0.478 e. The molecule has 278 valence electrons. The molecule has 0 saturated heterocycles. The Labute approximate surface area is 306 Å². The number of H-pyrrole nitrogens is 2. The number of carbonyl (C=O) groups excluding carboxylic acids is 1. The second kappa shape index (κ2) is 15.1. The van der Waals surface area contributed by atoms with E-state index in [0.29, 0.717) is 44.1 Å². The van der Waals surface area contributed by atoms with Gasteiger partial charge in [0.1, 0.15) is 11.6 Å². The Morgan fingerprint density at radius 2 is 1.22 bits per heavy atom. The zero-order valence-electron chi connectivity index (χ0n) is 28.5. The third kappa shape index (κ3) is 7.44. The van der Waals surface area contributed by atoms with E-state index in [1.807, 2.05) is 0 Å². The van der Waals surface area contributed by atoms with Gasteiger partial charge in [-0.1, -0.05) is 48.5 Å². The summed E-state index contributed by atoms with van der Waals surface area (Å²) >= 11 is 0. The smallest absolute Gasteiger partial charge is 0.338 e. The van der Waals surface area contributed by atoms with Gasteiger partial charge >= 0.3 is 5.97 Å². The van der Waals surface area contributed by atoms with E-state index in [-0.39, 0.29) is 60.5 Å². The van der Waals surface area contributed by atoms with E-state index in [1.54, 1.807) is 54.6 Å². The molecule has 3 aromatic heterocycles. The Hall–Kier alpha value is -7.04. The van der Waals surface area contributed by atoms with Gasteiger partial charge < -0.3 is 14.6 Å². The van der Waals surface area contributed by atoms with Crippen LogP contribution < -0.4 is 11.1 Å². The first-order chi connectivity index (χ1) is 26.5. The van der Waals surface area contributed by atoms with Crippen LogP contribution in [0.1, 0.15) is 61.3 Å². The number of carbonyl (C=O) groups is 2. The molecule has 1 aliphatic rings. The van der Waals surface area contributed by atoms with E-state index >= 15 is 0 Å². The van der Waals surface area contributed by atoms with E-state index in [9.17, 15) is 36.7 Å². The third-order valence-electron chi connectivity index (χ3n) is 9.08. The first kappa shape index (κ1) is 36.3. The van der Waals surface area contributed by atoms with E-state index in [2.05, 4.69) is 30.6 Å². The number of aromatic carboxylic acids is 1. The first-order valence-corrected chi connectivity index (χ1v) is 16.7. The van der Waals surface area contributed by atoms with Crippen molar-refractivity contribution in [3.63, 3.8) is 0 Å². The highest BCUT2D eigenvalue weighted by Gasteiger charge is 2.29. The molecular weight excluding hydrogens is 724 g/mol. The van der Waals surface area contributed by atoms with Gasteiger partial charge in [-0.2, -0.15) is 10.2 Å². The van der Waals surface area contributed by atoms with Gasteiger partial charge in [-0.05, 0) is 47.5 Å². The minimum absolute atomic E-state index is 0.0473. The van der Waals surface area contributed by atoms with Gasteiger partial charge in [0.25, 0.3) is 23.5 Å². The molecule has 0 aliphatic carbocycles. The number of carboxylic acids is 1. The number of hydrogen-bond acceptors (Lipinski definition) is 8. The lowest BCUT2D eigenvalue weighted by Crippen LogP contribution is -2.39. The molecule has 17 heteroatoms. The van der Waals surface area contributed by atoms with Crippen LogP contribution in [0, 0.1) is 11.6 Å². The summed E-state index contributed by atoms with van der Waals surface area (Å²) in [5, 5.41) is 31.6. The number of aromatic nitrogens is 7. The van der Waals surface area contributed by atoms with Crippen LogP contribution in [0.4, 0.5) is 17.6 Å². The average Bonchev–Trinajstić information content (AvgIpc) is 3.62. The normalized spacial score (nSPS) is 12.4. The maximum absolute atomic E-state index is 14.6. The van der Waals surface area contributed by atoms with Crippen molar-refractivity contribution in [3.8, 4) is 0 Å². The van der Waals surface area contributed by atoms with Gasteiger partial charge in [-0.15, -0.1) is 10.2 Å². The van der Waals surface area contributed by atoms with Crippen molar-refractivity contribution < 1.29 is 32.3 Å². The van der Waals surface area contributed by atoms with E-state index in [4.69, 9.17) is 5.11 Å². The number of carboxylic acid groups (broad SMARTS) is 1. The number of halogens is 4. The number of fused-ring (bicyclic) bond motifs is 3. The molecule has 7 aromatic rings. The summed E-state index contributed by atoms with van der Waals surface area (Å²) in [7, 11) is 0. The number of hydrogen-bond donors (Lipinski definition) is 3. The van der Waals surface area contributed by atoms with Crippen LogP contribution in [-0.2, 0) is 25.9 Å². The Balaban J connectivity index is 0.000000184. The summed E-state index contributed by atoms with van der Waals surface area (Å²) in [5.41, 5.74) is 1.29. The van der Waals surface area contributed by atoms with Crippen molar-refractivity contribution in [2.45, 2.75) is 32.4 Å². The summed E-state index contributed by atoms with van der Waals surface area (Å²) in [6.07, 6.45) is -2.21. The fraction of sp³-hybridized carbons (Fsp3) is 0.158. The Morgan fingerprint density at radius 3 is 1.75 bits per heavy atom. The molecule has 0 atom stereocenters. The highest BCUT2D eigenvalue weighted by Crippen LogP contribution is 2.24. The fourth-order valence-corrected chi connectivity index (χ4v) is 6.38. The predicted octanol–water partition coefficient (Wildman–Crippen LogP) is 5.19.